The topological polar surface area (TPSA) is 61.4 Å². The average Bonchev–Trinajstić information content (AvgIpc) is 2.57. The van der Waals surface area contributed by atoms with Crippen molar-refractivity contribution in [3.05, 3.63) is 0 Å². The summed E-state index contributed by atoms with van der Waals surface area (Å²) in [5.41, 5.74) is 0. The molecule has 0 aliphatic carbocycles. The summed E-state index contributed by atoms with van der Waals surface area (Å²) in [6.07, 6.45) is 0.983. The molecule has 0 spiro atoms. The zero-order valence-electron chi connectivity index (χ0n) is 9.23. The minimum absolute atomic E-state index is 0.0385. The number of nitrogens with one attached hydrogen (secondary N) is 2. The van der Waals surface area contributed by atoms with Crippen LogP contribution in [0.2, 0.25) is 0 Å². The monoisotopic (exact) mass is 233 g/mol. The van der Waals surface area contributed by atoms with Gasteiger partial charge in [-0.15, -0.1) is 0 Å². The van der Waals surface area contributed by atoms with E-state index in [-0.39, 0.29) is 12.1 Å². The summed E-state index contributed by atoms with van der Waals surface area (Å²) in [7, 11) is -3.27. The summed E-state index contributed by atoms with van der Waals surface area (Å²) < 4.78 is 28.2. The molecule has 2 aliphatic heterocycles. The molecule has 0 saturated carbocycles. The minimum Gasteiger partial charge on any atom is -0.315 e. The van der Waals surface area contributed by atoms with Crippen LogP contribution >= 0.6 is 0 Å². The summed E-state index contributed by atoms with van der Waals surface area (Å²) in [6, 6.07) is 0.129. The van der Waals surface area contributed by atoms with Crippen molar-refractivity contribution in [2.75, 3.05) is 19.6 Å². The van der Waals surface area contributed by atoms with Crippen molar-refractivity contribution in [2.24, 2.45) is 5.92 Å². The smallest absolute Gasteiger partial charge is 0.279 e. The molecule has 0 bridgehead atoms. The molecule has 0 aromatic carbocycles. The van der Waals surface area contributed by atoms with E-state index in [9.17, 15) is 8.42 Å². The second-order valence-corrected chi connectivity index (χ2v) is 6.32. The van der Waals surface area contributed by atoms with E-state index in [0.29, 0.717) is 12.5 Å². The molecule has 15 heavy (non-hydrogen) atoms. The molecule has 88 valence electrons. The Morgan fingerprint density at radius 1 is 1.40 bits per heavy atom. The summed E-state index contributed by atoms with van der Waals surface area (Å²) in [6.45, 7) is 6.11. The van der Waals surface area contributed by atoms with Crippen LogP contribution in [-0.2, 0) is 10.2 Å². The van der Waals surface area contributed by atoms with Crippen molar-refractivity contribution in [2.45, 2.75) is 32.4 Å². The van der Waals surface area contributed by atoms with Crippen LogP contribution in [0.15, 0.2) is 0 Å². The zero-order chi connectivity index (χ0) is 11.1. The highest BCUT2D eigenvalue weighted by molar-refractivity contribution is 7.87. The van der Waals surface area contributed by atoms with Crippen molar-refractivity contribution in [1.82, 2.24) is 14.3 Å². The average molecular weight is 233 g/mol. The first-order valence-corrected chi connectivity index (χ1v) is 6.94. The fraction of sp³-hybridized carbons (Fsp3) is 1.00. The van der Waals surface area contributed by atoms with Gasteiger partial charge in [0.05, 0.1) is 0 Å². The molecular weight excluding hydrogens is 214 g/mol. The van der Waals surface area contributed by atoms with E-state index in [4.69, 9.17) is 0 Å². The van der Waals surface area contributed by atoms with Crippen LogP contribution in [0.25, 0.3) is 0 Å². The Hall–Kier alpha value is -0.170. The van der Waals surface area contributed by atoms with Crippen LogP contribution < -0.4 is 10.0 Å². The SMILES string of the molecule is CC(C)NS(=O)(=O)N1CC[C@H]2CNC[C@H]21. The van der Waals surface area contributed by atoms with Crippen LogP contribution in [0.5, 0.6) is 0 Å². The third kappa shape index (κ3) is 2.18. The molecule has 2 saturated heterocycles. The third-order valence-electron chi connectivity index (χ3n) is 3.09. The van der Waals surface area contributed by atoms with Gasteiger partial charge in [-0.25, -0.2) is 0 Å². The quantitative estimate of drug-likeness (QED) is 0.692. The van der Waals surface area contributed by atoms with Gasteiger partial charge in [0.2, 0.25) is 0 Å². The molecule has 2 rings (SSSR count). The molecule has 2 heterocycles. The van der Waals surface area contributed by atoms with E-state index in [2.05, 4.69) is 10.0 Å². The van der Waals surface area contributed by atoms with Gasteiger partial charge in [0, 0.05) is 25.2 Å². The Balaban J connectivity index is 2.10. The minimum atomic E-state index is -3.27. The van der Waals surface area contributed by atoms with Crippen LogP contribution in [0.1, 0.15) is 20.3 Å². The van der Waals surface area contributed by atoms with Gasteiger partial charge in [-0.05, 0) is 32.7 Å². The lowest BCUT2D eigenvalue weighted by atomic mass is 10.1. The predicted octanol–water partition coefficient (Wildman–Crippen LogP) is -0.477. The summed E-state index contributed by atoms with van der Waals surface area (Å²) >= 11 is 0. The maximum atomic E-state index is 12.0. The Morgan fingerprint density at radius 2 is 2.13 bits per heavy atom. The first-order chi connectivity index (χ1) is 7.00. The number of rotatable bonds is 3. The first kappa shape index (κ1) is 11.3. The second kappa shape index (κ2) is 4.01. The van der Waals surface area contributed by atoms with Crippen LogP contribution in [0.4, 0.5) is 0 Å². The van der Waals surface area contributed by atoms with Gasteiger partial charge < -0.3 is 5.32 Å². The summed E-state index contributed by atoms with van der Waals surface area (Å²) in [5.74, 6) is 0.508. The van der Waals surface area contributed by atoms with E-state index >= 15 is 0 Å². The Labute approximate surface area is 91.4 Å². The Bertz CT molecular complexity index is 328. The van der Waals surface area contributed by atoms with Gasteiger partial charge >= 0.3 is 0 Å². The number of hydrogen-bond donors (Lipinski definition) is 2. The molecule has 2 N–H and O–H groups in total. The van der Waals surface area contributed by atoms with E-state index in [0.717, 1.165) is 19.5 Å². The van der Waals surface area contributed by atoms with Gasteiger partial charge in [0.15, 0.2) is 0 Å². The molecule has 0 aromatic heterocycles. The number of nitrogens with zero attached hydrogens (tertiary/aromatic N) is 1. The highest BCUT2D eigenvalue weighted by Gasteiger charge is 2.43. The molecule has 0 amide bonds. The summed E-state index contributed by atoms with van der Waals surface area (Å²) in [4.78, 5) is 0. The normalized spacial score (nSPS) is 32.5. The zero-order valence-corrected chi connectivity index (χ0v) is 10.0. The van der Waals surface area contributed by atoms with Gasteiger partial charge in [-0.1, -0.05) is 0 Å². The Morgan fingerprint density at radius 3 is 2.80 bits per heavy atom. The fourth-order valence-electron chi connectivity index (χ4n) is 2.47. The number of fused-ring (bicyclic) bond motifs is 1. The van der Waals surface area contributed by atoms with E-state index in [1.54, 1.807) is 4.31 Å². The van der Waals surface area contributed by atoms with E-state index < -0.39 is 10.2 Å². The molecular formula is C9H19N3O2S. The lowest BCUT2D eigenvalue weighted by Crippen LogP contribution is -2.47. The summed E-state index contributed by atoms with van der Waals surface area (Å²) in [5, 5.41) is 3.25. The molecule has 0 aromatic rings. The van der Waals surface area contributed by atoms with E-state index in [1.165, 1.54) is 0 Å². The Kier molecular flexibility index (Phi) is 3.03. The standard InChI is InChI=1S/C9H19N3O2S/c1-7(2)11-15(13,14)12-4-3-8-5-10-6-9(8)12/h7-11H,3-6H2,1-2H3/t8-,9+/m0/s1. The predicted molar refractivity (Wildman–Crippen MR) is 58.7 cm³/mol. The third-order valence-corrected chi connectivity index (χ3v) is 4.93. The van der Waals surface area contributed by atoms with E-state index in [1.807, 2.05) is 13.8 Å². The molecule has 0 radical (unpaired) electrons. The lowest BCUT2D eigenvalue weighted by molar-refractivity contribution is 0.373. The maximum absolute atomic E-state index is 12.0. The van der Waals surface area contributed by atoms with Crippen molar-refractivity contribution in [3.8, 4) is 0 Å². The van der Waals surface area contributed by atoms with Gasteiger partial charge in [0.25, 0.3) is 10.2 Å². The highest BCUT2D eigenvalue weighted by atomic mass is 32.2. The molecule has 6 heteroatoms. The second-order valence-electron chi connectivity index (χ2n) is 4.66. The highest BCUT2D eigenvalue weighted by Crippen LogP contribution is 2.28. The van der Waals surface area contributed by atoms with Crippen LogP contribution in [-0.4, -0.2) is 44.4 Å². The van der Waals surface area contributed by atoms with Crippen LogP contribution in [0, 0.1) is 5.92 Å². The lowest BCUT2D eigenvalue weighted by Gasteiger charge is -2.24. The van der Waals surface area contributed by atoms with Crippen molar-refractivity contribution >= 4 is 10.2 Å². The first-order valence-electron chi connectivity index (χ1n) is 5.50. The number of hydrogen-bond acceptors (Lipinski definition) is 3. The molecule has 0 unspecified atom stereocenters. The largest absolute Gasteiger partial charge is 0.315 e. The van der Waals surface area contributed by atoms with Crippen LogP contribution in [0.3, 0.4) is 0 Å². The maximum Gasteiger partial charge on any atom is 0.279 e. The molecule has 2 atom stereocenters. The van der Waals surface area contributed by atoms with Crippen molar-refractivity contribution in [1.29, 1.82) is 0 Å². The van der Waals surface area contributed by atoms with Crippen molar-refractivity contribution < 1.29 is 8.42 Å². The van der Waals surface area contributed by atoms with Crippen molar-refractivity contribution in [3.63, 3.8) is 0 Å². The fourth-order valence-corrected chi connectivity index (χ4v) is 4.15. The molecule has 2 aliphatic rings. The van der Waals surface area contributed by atoms with Gasteiger partial charge in [0.1, 0.15) is 0 Å². The molecule has 5 nitrogen and oxygen atoms in total. The molecule has 2 fully saturated rings. The van der Waals surface area contributed by atoms with Gasteiger partial charge in [-0.2, -0.15) is 17.4 Å². The van der Waals surface area contributed by atoms with Gasteiger partial charge in [-0.3, -0.25) is 0 Å².